The standard InChI is InChI=1S/C15H9NO3/c16-8-9-1-3-10(4-2-9)14-6-11-5-12(17)13(18)7-15(11)19-14/h1-7,17-18H. The van der Waals surface area contributed by atoms with Crippen LogP contribution in [0, 0.1) is 11.3 Å². The molecule has 0 radical (unpaired) electrons. The van der Waals surface area contributed by atoms with E-state index in [2.05, 4.69) is 6.07 Å². The van der Waals surface area contributed by atoms with Gasteiger partial charge in [-0.2, -0.15) is 5.26 Å². The van der Waals surface area contributed by atoms with Crippen molar-refractivity contribution in [2.75, 3.05) is 0 Å². The lowest BCUT2D eigenvalue weighted by Crippen LogP contribution is -1.75. The third-order valence-corrected chi connectivity index (χ3v) is 2.91. The first-order valence-electron chi connectivity index (χ1n) is 5.63. The number of fused-ring (bicyclic) bond motifs is 1. The predicted octanol–water partition coefficient (Wildman–Crippen LogP) is 3.38. The van der Waals surface area contributed by atoms with Crippen molar-refractivity contribution in [1.82, 2.24) is 0 Å². The van der Waals surface area contributed by atoms with Crippen molar-refractivity contribution in [3.8, 4) is 28.9 Å². The molecule has 1 heterocycles. The van der Waals surface area contributed by atoms with Gasteiger partial charge in [0.2, 0.25) is 0 Å². The molecule has 0 spiro atoms. The monoisotopic (exact) mass is 251 g/mol. The Balaban J connectivity index is 2.12. The number of furan rings is 1. The molecular formula is C15H9NO3. The van der Waals surface area contributed by atoms with Gasteiger partial charge in [0, 0.05) is 17.0 Å². The molecule has 0 aliphatic rings. The predicted molar refractivity (Wildman–Crippen MR) is 69.7 cm³/mol. The number of nitriles is 1. The molecule has 3 aromatic rings. The van der Waals surface area contributed by atoms with Gasteiger partial charge in [0.05, 0.1) is 11.6 Å². The van der Waals surface area contributed by atoms with E-state index in [0.717, 1.165) is 5.56 Å². The third kappa shape index (κ3) is 1.87. The van der Waals surface area contributed by atoms with E-state index in [-0.39, 0.29) is 11.5 Å². The van der Waals surface area contributed by atoms with Crippen LogP contribution in [0.4, 0.5) is 0 Å². The fraction of sp³-hybridized carbons (Fsp3) is 0. The number of phenols is 2. The summed E-state index contributed by atoms with van der Waals surface area (Å²) in [6.07, 6.45) is 0. The third-order valence-electron chi connectivity index (χ3n) is 2.91. The van der Waals surface area contributed by atoms with Crippen molar-refractivity contribution in [3.63, 3.8) is 0 Å². The molecule has 0 aliphatic carbocycles. The van der Waals surface area contributed by atoms with Crippen LogP contribution in [0.5, 0.6) is 11.5 Å². The summed E-state index contributed by atoms with van der Waals surface area (Å²) in [6, 6.07) is 13.6. The van der Waals surface area contributed by atoms with Gasteiger partial charge < -0.3 is 14.6 Å². The summed E-state index contributed by atoms with van der Waals surface area (Å²) in [5, 5.41) is 28.3. The maximum Gasteiger partial charge on any atom is 0.161 e. The SMILES string of the molecule is N#Cc1ccc(-c2cc3cc(O)c(O)cc3o2)cc1. The summed E-state index contributed by atoms with van der Waals surface area (Å²) in [4.78, 5) is 0. The van der Waals surface area contributed by atoms with Crippen LogP contribution in [-0.4, -0.2) is 10.2 Å². The largest absolute Gasteiger partial charge is 0.504 e. The van der Waals surface area contributed by atoms with Crippen LogP contribution in [0.15, 0.2) is 46.9 Å². The Labute approximate surface area is 108 Å². The minimum Gasteiger partial charge on any atom is -0.504 e. The molecule has 4 nitrogen and oxygen atoms in total. The molecule has 19 heavy (non-hydrogen) atoms. The molecule has 0 atom stereocenters. The molecule has 0 amide bonds. The molecule has 2 N–H and O–H groups in total. The van der Waals surface area contributed by atoms with Gasteiger partial charge in [0.25, 0.3) is 0 Å². The van der Waals surface area contributed by atoms with E-state index in [1.54, 1.807) is 30.3 Å². The van der Waals surface area contributed by atoms with Crippen LogP contribution < -0.4 is 0 Å². The number of benzene rings is 2. The minimum atomic E-state index is -0.215. The van der Waals surface area contributed by atoms with Gasteiger partial charge >= 0.3 is 0 Å². The summed E-state index contributed by atoms with van der Waals surface area (Å²) in [5.74, 6) is 0.220. The molecular weight excluding hydrogens is 242 g/mol. The van der Waals surface area contributed by atoms with Gasteiger partial charge in [-0.3, -0.25) is 0 Å². The second kappa shape index (κ2) is 4.07. The smallest absolute Gasteiger partial charge is 0.161 e. The number of hydrogen-bond acceptors (Lipinski definition) is 4. The van der Waals surface area contributed by atoms with Crippen LogP contribution in [0.3, 0.4) is 0 Å². The highest BCUT2D eigenvalue weighted by atomic mass is 16.3. The van der Waals surface area contributed by atoms with Crippen molar-refractivity contribution in [2.24, 2.45) is 0 Å². The quantitative estimate of drug-likeness (QED) is 0.650. The van der Waals surface area contributed by atoms with Gasteiger partial charge in [0.15, 0.2) is 11.5 Å². The van der Waals surface area contributed by atoms with E-state index < -0.39 is 0 Å². The maximum absolute atomic E-state index is 9.44. The lowest BCUT2D eigenvalue weighted by Gasteiger charge is -1.96. The zero-order valence-corrected chi connectivity index (χ0v) is 9.79. The van der Waals surface area contributed by atoms with Gasteiger partial charge in [-0.25, -0.2) is 0 Å². The second-order valence-electron chi connectivity index (χ2n) is 4.18. The van der Waals surface area contributed by atoms with Crippen molar-refractivity contribution < 1.29 is 14.6 Å². The summed E-state index contributed by atoms with van der Waals surface area (Å²) in [5.41, 5.74) is 1.90. The van der Waals surface area contributed by atoms with Crippen molar-refractivity contribution in [2.45, 2.75) is 0 Å². The normalized spacial score (nSPS) is 10.5. The van der Waals surface area contributed by atoms with Crippen LogP contribution in [0.1, 0.15) is 5.56 Å². The highest BCUT2D eigenvalue weighted by Crippen LogP contribution is 2.34. The first kappa shape index (κ1) is 11.2. The van der Waals surface area contributed by atoms with Crippen LogP contribution in [-0.2, 0) is 0 Å². The zero-order chi connectivity index (χ0) is 13.4. The fourth-order valence-corrected chi connectivity index (χ4v) is 1.92. The van der Waals surface area contributed by atoms with Crippen molar-refractivity contribution >= 4 is 11.0 Å². The van der Waals surface area contributed by atoms with Gasteiger partial charge in [0.1, 0.15) is 11.3 Å². The summed E-state index contributed by atoms with van der Waals surface area (Å²) < 4.78 is 5.61. The number of phenolic OH excluding ortho intramolecular Hbond substituents is 2. The molecule has 2 aromatic carbocycles. The zero-order valence-electron chi connectivity index (χ0n) is 9.79. The van der Waals surface area contributed by atoms with E-state index in [9.17, 15) is 10.2 Å². The lowest BCUT2D eigenvalue weighted by molar-refractivity contribution is 0.404. The Bertz CT molecular complexity index is 756. The maximum atomic E-state index is 9.44. The number of rotatable bonds is 1. The van der Waals surface area contributed by atoms with Gasteiger partial charge in [-0.15, -0.1) is 0 Å². The van der Waals surface area contributed by atoms with Gasteiger partial charge in [-0.1, -0.05) is 0 Å². The Hall–Kier alpha value is -2.93. The van der Waals surface area contributed by atoms with Crippen LogP contribution in [0.2, 0.25) is 0 Å². The average molecular weight is 251 g/mol. The van der Waals surface area contributed by atoms with E-state index in [4.69, 9.17) is 9.68 Å². The molecule has 0 fully saturated rings. The Morgan fingerprint density at radius 2 is 1.63 bits per heavy atom. The first-order chi connectivity index (χ1) is 9.17. The topological polar surface area (TPSA) is 77.4 Å². The molecule has 4 heteroatoms. The van der Waals surface area contributed by atoms with Crippen molar-refractivity contribution in [3.05, 3.63) is 48.0 Å². The Morgan fingerprint density at radius 1 is 0.947 bits per heavy atom. The molecule has 0 aliphatic heterocycles. The second-order valence-corrected chi connectivity index (χ2v) is 4.18. The van der Waals surface area contributed by atoms with E-state index in [1.165, 1.54) is 12.1 Å². The minimum absolute atomic E-state index is 0.181. The number of aromatic hydroxyl groups is 2. The lowest BCUT2D eigenvalue weighted by atomic mass is 10.1. The van der Waals surface area contributed by atoms with E-state index in [0.29, 0.717) is 22.3 Å². The van der Waals surface area contributed by atoms with Crippen LogP contribution in [0.25, 0.3) is 22.3 Å². The Kier molecular flexibility index (Phi) is 2.39. The van der Waals surface area contributed by atoms with Gasteiger partial charge in [-0.05, 0) is 36.4 Å². The van der Waals surface area contributed by atoms with Crippen LogP contribution >= 0.6 is 0 Å². The fourth-order valence-electron chi connectivity index (χ4n) is 1.92. The molecule has 0 bridgehead atoms. The summed E-state index contributed by atoms with van der Waals surface area (Å²) >= 11 is 0. The number of nitrogens with zero attached hydrogens (tertiary/aromatic N) is 1. The molecule has 0 saturated carbocycles. The Morgan fingerprint density at radius 3 is 2.32 bits per heavy atom. The molecule has 92 valence electrons. The number of hydrogen-bond donors (Lipinski definition) is 2. The summed E-state index contributed by atoms with van der Waals surface area (Å²) in [7, 11) is 0. The highest BCUT2D eigenvalue weighted by Gasteiger charge is 2.09. The average Bonchev–Trinajstić information content (AvgIpc) is 2.82. The molecule has 0 saturated heterocycles. The molecule has 1 aromatic heterocycles. The van der Waals surface area contributed by atoms with E-state index in [1.807, 2.05) is 0 Å². The summed E-state index contributed by atoms with van der Waals surface area (Å²) in [6.45, 7) is 0. The molecule has 3 rings (SSSR count). The first-order valence-corrected chi connectivity index (χ1v) is 5.63. The highest BCUT2D eigenvalue weighted by molar-refractivity contribution is 5.85. The van der Waals surface area contributed by atoms with Crippen molar-refractivity contribution in [1.29, 1.82) is 5.26 Å². The van der Waals surface area contributed by atoms with E-state index >= 15 is 0 Å². The molecule has 0 unspecified atom stereocenters.